The van der Waals surface area contributed by atoms with Crippen LogP contribution < -0.4 is 4.90 Å². The van der Waals surface area contributed by atoms with E-state index in [1.54, 1.807) is 21.7 Å². The van der Waals surface area contributed by atoms with Crippen LogP contribution in [0.4, 0.5) is 11.4 Å². The van der Waals surface area contributed by atoms with Crippen LogP contribution in [0.25, 0.3) is 10.9 Å². The average molecular weight is 393 g/mol. The Balaban J connectivity index is 1.68. The van der Waals surface area contributed by atoms with Crippen molar-refractivity contribution in [1.29, 1.82) is 0 Å². The number of non-ortho nitro benzene ring substituents is 1. The highest BCUT2D eigenvalue weighted by molar-refractivity contribution is 6.05. The summed E-state index contributed by atoms with van der Waals surface area (Å²) < 4.78 is 6.59. The summed E-state index contributed by atoms with van der Waals surface area (Å²) in [5.41, 5.74) is 2.66. The van der Waals surface area contributed by atoms with E-state index >= 15 is 0 Å². The summed E-state index contributed by atoms with van der Waals surface area (Å²) in [5.74, 6) is -0.609. The van der Waals surface area contributed by atoms with Crippen LogP contribution in [0.2, 0.25) is 0 Å². The average Bonchev–Trinajstić information content (AvgIpc) is 3.23. The smallest absolute Gasteiger partial charge is 0.340 e. The monoisotopic (exact) mass is 393 g/mol. The fourth-order valence-corrected chi connectivity index (χ4v) is 3.98. The van der Waals surface area contributed by atoms with Crippen LogP contribution in [0.15, 0.2) is 48.7 Å². The minimum atomic E-state index is -0.459. The lowest BCUT2D eigenvalue weighted by Crippen LogP contribution is -2.38. The summed E-state index contributed by atoms with van der Waals surface area (Å²) in [6.45, 7) is 1.95. The van der Waals surface area contributed by atoms with E-state index in [4.69, 9.17) is 4.74 Å². The molecule has 0 unspecified atom stereocenters. The molecule has 0 spiro atoms. The summed E-state index contributed by atoms with van der Waals surface area (Å²) in [5, 5.41) is 11.7. The first-order valence-corrected chi connectivity index (χ1v) is 9.16. The quantitative estimate of drug-likeness (QED) is 0.385. The number of benzene rings is 2. The van der Waals surface area contributed by atoms with Gasteiger partial charge >= 0.3 is 5.97 Å². The molecule has 148 valence electrons. The SMILES string of the molecule is COC(=O)c1cn(CC(=O)N2c3ccc([N+](=O)[O-])cc3C[C@H]2C)c2ccccc12. The van der Waals surface area contributed by atoms with Gasteiger partial charge in [-0.15, -0.1) is 0 Å². The molecule has 0 saturated heterocycles. The Morgan fingerprint density at radius 2 is 2.00 bits per heavy atom. The number of ether oxygens (including phenoxy) is 1. The Kier molecular flexibility index (Phi) is 4.54. The molecular weight excluding hydrogens is 374 g/mol. The largest absolute Gasteiger partial charge is 0.465 e. The van der Waals surface area contributed by atoms with Crippen molar-refractivity contribution in [3.8, 4) is 0 Å². The molecular formula is C21H19N3O5. The lowest BCUT2D eigenvalue weighted by Gasteiger charge is -2.23. The van der Waals surface area contributed by atoms with Gasteiger partial charge in [-0.25, -0.2) is 4.79 Å². The summed E-state index contributed by atoms with van der Waals surface area (Å²) in [4.78, 5) is 37.5. The topological polar surface area (TPSA) is 94.7 Å². The molecule has 2 aromatic carbocycles. The molecule has 3 aromatic rings. The number of rotatable bonds is 4. The minimum absolute atomic E-state index is 0.0179. The zero-order valence-corrected chi connectivity index (χ0v) is 16.0. The van der Waals surface area contributed by atoms with Gasteiger partial charge in [-0.05, 0) is 31.0 Å². The van der Waals surface area contributed by atoms with E-state index < -0.39 is 10.9 Å². The number of aromatic nitrogens is 1. The van der Waals surface area contributed by atoms with E-state index in [2.05, 4.69) is 0 Å². The summed E-state index contributed by atoms with van der Waals surface area (Å²) in [6.07, 6.45) is 2.19. The van der Waals surface area contributed by atoms with Gasteiger partial charge < -0.3 is 14.2 Å². The van der Waals surface area contributed by atoms with E-state index in [0.29, 0.717) is 17.7 Å². The van der Waals surface area contributed by atoms with Crippen LogP contribution in [0.1, 0.15) is 22.8 Å². The van der Waals surface area contributed by atoms with E-state index in [0.717, 1.165) is 16.5 Å². The molecule has 29 heavy (non-hydrogen) atoms. The third kappa shape index (κ3) is 3.12. The van der Waals surface area contributed by atoms with Crippen molar-refractivity contribution < 1.29 is 19.2 Å². The van der Waals surface area contributed by atoms with Gasteiger partial charge in [-0.1, -0.05) is 18.2 Å². The Hall–Kier alpha value is -3.68. The first kappa shape index (κ1) is 18.7. The molecule has 1 atom stereocenters. The molecule has 0 fully saturated rings. The molecule has 1 aromatic heterocycles. The zero-order valence-electron chi connectivity index (χ0n) is 16.0. The predicted molar refractivity (Wildman–Crippen MR) is 107 cm³/mol. The fraction of sp³-hybridized carbons (Fsp3) is 0.238. The van der Waals surface area contributed by atoms with Crippen LogP contribution in [0.5, 0.6) is 0 Å². The van der Waals surface area contributed by atoms with Gasteiger partial charge in [0.15, 0.2) is 0 Å². The van der Waals surface area contributed by atoms with Gasteiger partial charge in [0.05, 0.1) is 17.6 Å². The van der Waals surface area contributed by atoms with Crippen molar-refractivity contribution >= 4 is 34.2 Å². The second-order valence-corrected chi connectivity index (χ2v) is 7.07. The highest BCUT2D eigenvalue weighted by Gasteiger charge is 2.32. The summed E-state index contributed by atoms with van der Waals surface area (Å²) in [7, 11) is 1.32. The Morgan fingerprint density at radius 3 is 2.72 bits per heavy atom. The van der Waals surface area contributed by atoms with E-state index in [-0.39, 0.29) is 24.2 Å². The molecule has 8 heteroatoms. The number of carbonyl (C=O) groups excluding carboxylic acids is 2. The van der Waals surface area contributed by atoms with Crippen LogP contribution >= 0.6 is 0 Å². The Bertz CT molecular complexity index is 1150. The maximum atomic E-state index is 13.2. The van der Waals surface area contributed by atoms with Crippen LogP contribution in [-0.4, -0.2) is 34.5 Å². The van der Waals surface area contributed by atoms with Crippen LogP contribution in [-0.2, 0) is 22.5 Å². The van der Waals surface area contributed by atoms with Gasteiger partial charge in [0.2, 0.25) is 5.91 Å². The molecule has 1 aliphatic rings. The van der Waals surface area contributed by atoms with E-state index in [9.17, 15) is 19.7 Å². The number of nitrogens with zero attached hydrogens (tertiary/aromatic N) is 3. The van der Waals surface area contributed by atoms with Gasteiger partial charge in [-0.2, -0.15) is 0 Å². The molecule has 1 aliphatic heterocycles. The number of carbonyl (C=O) groups is 2. The van der Waals surface area contributed by atoms with Crippen molar-refractivity contribution in [2.75, 3.05) is 12.0 Å². The molecule has 0 aliphatic carbocycles. The second-order valence-electron chi connectivity index (χ2n) is 7.07. The number of hydrogen-bond donors (Lipinski definition) is 0. The van der Waals surface area contributed by atoms with Crippen molar-refractivity contribution in [3.05, 3.63) is 69.9 Å². The zero-order chi connectivity index (χ0) is 20.7. The first-order valence-electron chi connectivity index (χ1n) is 9.16. The number of fused-ring (bicyclic) bond motifs is 2. The van der Waals surface area contributed by atoms with E-state index in [1.165, 1.54) is 19.2 Å². The molecule has 0 saturated carbocycles. The third-order valence-electron chi connectivity index (χ3n) is 5.26. The molecule has 0 bridgehead atoms. The number of amides is 1. The lowest BCUT2D eigenvalue weighted by atomic mass is 10.1. The first-order chi connectivity index (χ1) is 13.9. The van der Waals surface area contributed by atoms with Crippen molar-refractivity contribution in [2.45, 2.75) is 25.9 Å². The highest BCUT2D eigenvalue weighted by Crippen LogP contribution is 2.35. The number of methoxy groups -OCH3 is 1. The maximum absolute atomic E-state index is 13.2. The van der Waals surface area contributed by atoms with Crippen molar-refractivity contribution in [3.63, 3.8) is 0 Å². The minimum Gasteiger partial charge on any atom is -0.465 e. The normalized spacial score (nSPS) is 15.4. The molecule has 1 amide bonds. The molecule has 0 radical (unpaired) electrons. The van der Waals surface area contributed by atoms with Gasteiger partial charge in [0, 0.05) is 41.0 Å². The third-order valence-corrected chi connectivity index (χ3v) is 5.26. The molecule has 8 nitrogen and oxygen atoms in total. The number of esters is 1. The summed E-state index contributed by atoms with van der Waals surface area (Å²) >= 11 is 0. The standard InChI is InChI=1S/C21H19N3O5/c1-13-9-14-10-15(24(27)28)7-8-18(14)23(13)20(25)12-22-11-17(21(26)29-2)16-5-3-4-6-19(16)22/h3-8,10-11,13H,9,12H2,1-2H3/t13-/m1/s1. The van der Waals surface area contributed by atoms with Gasteiger partial charge in [0.25, 0.3) is 5.69 Å². The number of anilines is 1. The summed E-state index contributed by atoms with van der Waals surface area (Å²) in [6, 6.07) is 11.8. The number of hydrogen-bond acceptors (Lipinski definition) is 5. The molecule has 4 rings (SSSR count). The fourth-order valence-electron chi connectivity index (χ4n) is 3.98. The lowest BCUT2D eigenvalue weighted by molar-refractivity contribution is -0.384. The predicted octanol–water partition coefficient (Wildman–Crippen LogP) is 3.31. The highest BCUT2D eigenvalue weighted by atomic mass is 16.6. The van der Waals surface area contributed by atoms with Gasteiger partial charge in [0.1, 0.15) is 6.54 Å². The van der Waals surface area contributed by atoms with E-state index in [1.807, 2.05) is 31.2 Å². The van der Waals surface area contributed by atoms with Crippen LogP contribution in [0.3, 0.4) is 0 Å². The Labute approximate surface area is 166 Å². The molecule has 2 heterocycles. The van der Waals surface area contributed by atoms with Crippen LogP contribution in [0, 0.1) is 10.1 Å². The van der Waals surface area contributed by atoms with Crippen molar-refractivity contribution in [2.24, 2.45) is 0 Å². The van der Waals surface area contributed by atoms with Crippen molar-refractivity contribution in [1.82, 2.24) is 4.57 Å². The maximum Gasteiger partial charge on any atom is 0.340 e. The molecule has 0 N–H and O–H groups in total. The number of nitro benzene ring substituents is 1. The number of nitro groups is 1. The Morgan fingerprint density at radius 1 is 1.24 bits per heavy atom. The van der Waals surface area contributed by atoms with Gasteiger partial charge in [-0.3, -0.25) is 14.9 Å². The second kappa shape index (κ2) is 7.05. The number of para-hydroxylation sites is 1.